The Morgan fingerprint density at radius 1 is 0.842 bits per heavy atom. The molecular formula is C13H8Cl3NO2. The first kappa shape index (κ1) is 14.1. The first-order chi connectivity index (χ1) is 8.91. The van der Waals surface area contributed by atoms with Crippen molar-refractivity contribution in [1.82, 2.24) is 0 Å². The van der Waals surface area contributed by atoms with Gasteiger partial charge in [-0.1, -0.05) is 52.5 Å². The largest absolute Gasteiger partial charge is 0.351 e. The van der Waals surface area contributed by atoms with Gasteiger partial charge in [-0.05, 0) is 19.1 Å². The van der Waals surface area contributed by atoms with Crippen LogP contribution in [0.25, 0.3) is 0 Å². The third kappa shape index (κ3) is 2.68. The first-order valence-electron chi connectivity index (χ1n) is 5.30. The van der Waals surface area contributed by atoms with E-state index in [2.05, 4.69) is 5.32 Å². The Kier molecular flexibility index (Phi) is 3.99. The van der Waals surface area contributed by atoms with Gasteiger partial charge in [0.05, 0.1) is 0 Å². The molecule has 1 aliphatic carbocycles. The van der Waals surface area contributed by atoms with Crippen LogP contribution >= 0.6 is 34.8 Å². The molecule has 98 valence electrons. The van der Waals surface area contributed by atoms with Gasteiger partial charge in [0.2, 0.25) is 11.6 Å². The van der Waals surface area contributed by atoms with Crippen molar-refractivity contribution in [3.8, 4) is 0 Å². The molecule has 1 aliphatic rings. The molecule has 0 radical (unpaired) electrons. The van der Waals surface area contributed by atoms with E-state index < -0.39 is 11.6 Å². The monoisotopic (exact) mass is 315 g/mol. The summed E-state index contributed by atoms with van der Waals surface area (Å²) in [4.78, 5) is 23.6. The Morgan fingerprint density at radius 3 is 1.95 bits per heavy atom. The van der Waals surface area contributed by atoms with Gasteiger partial charge in [0, 0.05) is 5.69 Å². The lowest BCUT2D eigenvalue weighted by atomic mass is 10.1. The summed E-state index contributed by atoms with van der Waals surface area (Å²) in [7, 11) is 0. The molecule has 0 fully saturated rings. The zero-order chi connectivity index (χ0) is 14.2. The van der Waals surface area contributed by atoms with Crippen molar-refractivity contribution in [2.75, 3.05) is 5.32 Å². The van der Waals surface area contributed by atoms with Gasteiger partial charge < -0.3 is 5.32 Å². The molecule has 0 aromatic heterocycles. The van der Waals surface area contributed by atoms with E-state index in [4.69, 9.17) is 34.8 Å². The summed E-state index contributed by atoms with van der Waals surface area (Å²) >= 11 is 17.2. The smallest absolute Gasteiger partial charge is 0.223 e. The zero-order valence-electron chi connectivity index (χ0n) is 9.76. The zero-order valence-corrected chi connectivity index (χ0v) is 12.0. The van der Waals surface area contributed by atoms with Crippen LogP contribution in [0.2, 0.25) is 0 Å². The van der Waals surface area contributed by atoms with Crippen molar-refractivity contribution in [2.45, 2.75) is 6.92 Å². The highest BCUT2D eigenvalue weighted by atomic mass is 35.5. The number of hydrogen-bond donors (Lipinski definition) is 1. The predicted molar refractivity (Wildman–Crippen MR) is 76.4 cm³/mol. The average molecular weight is 317 g/mol. The number of carbonyl (C=O) groups is 2. The van der Waals surface area contributed by atoms with Crippen LogP contribution in [0, 0.1) is 6.92 Å². The van der Waals surface area contributed by atoms with Gasteiger partial charge in [-0.25, -0.2) is 0 Å². The minimum absolute atomic E-state index is 0.0649. The minimum Gasteiger partial charge on any atom is -0.351 e. The highest BCUT2D eigenvalue weighted by molar-refractivity contribution is 6.64. The molecule has 3 nitrogen and oxygen atoms in total. The summed E-state index contributed by atoms with van der Waals surface area (Å²) in [6, 6.07) is 7.24. The number of benzene rings is 1. The van der Waals surface area contributed by atoms with Gasteiger partial charge in [0.25, 0.3) is 0 Å². The van der Waals surface area contributed by atoms with Gasteiger partial charge in [-0.15, -0.1) is 0 Å². The van der Waals surface area contributed by atoms with Crippen LogP contribution in [0.4, 0.5) is 5.69 Å². The number of halogens is 3. The molecule has 0 atom stereocenters. The fourth-order valence-electron chi connectivity index (χ4n) is 1.51. The number of nitrogens with one attached hydrogen (secondary N) is 1. The SMILES string of the molecule is Cc1ccc(NC2=C(Cl)C(=O)C(Cl)=C(Cl)C2=O)cc1. The number of hydrogen-bond acceptors (Lipinski definition) is 3. The van der Waals surface area contributed by atoms with Crippen LogP contribution in [0.15, 0.2) is 45.1 Å². The second kappa shape index (κ2) is 5.37. The Balaban J connectivity index is 2.37. The summed E-state index contributed by atoms with van der Waals surface area (Å²) in [5, 5.41) is 1.84. The lowest BCUT2D eigenvalue weighted by molar-refractivity contribution is -0.115. The molecule has 1 aromatic carbocycles. The van der Waals surface area contributed by atoms with Crippen molar-refractivity contribution in [3.63, 3.8) is 0 Å². The average Bonchev–Trinajstić information content (AvgIpc) is 2.41. The second-order valence-electron chi connectivity index (χ2n) is 3.97. The lowest BCUT2D eigenvalue weighted by Gasteiger charge is -2.16. The molecule has 0 aliphatic heterocycles. The molecule has 6 heteroatoms. The Hall–Kier alpha value is -1.29. The molecule has 0 spiro atoms. The van der Waals surface area contributed by atoms with Crippen LogP contribution in [0.5, 0.6) is 0 Å². The highest BCUT2D eigenvalue weighted by Crippen LogP contribution is 2.31. The van der Waals surface area contributed by atoms with Gasteiger partial charge in [0.1, 0.15) is 20.8 Å². The van der Waals surface area contributed by atoms with Gasteiger partial charge >= 0.3 is 0 Å². The molecule has 2 rings (SSSR count). The van der Waals surface area contributed by atoms with Crippen LogP contribution < -0.4 is 5.32 Å². The number of rotatable bonds is 2. The van der Waals surface area contributed by atoms with Gasteiger partial charge in [-0.3, -0.25) is 9.59 Å². The fourth-order valence-corrected chi connectivity index (χ4v) is 2.15. The van der Waals surface area contributed by atoms with E-state index in [0.29, 0.717) is 5.69 Å². The van der Waals surface area contributed by atoms with Gasteiger partial charge in [-0.2, -0.15) is 0 Å². The topological polar surface area (TPSA) is 46.2 Å². The lowest BCUT2D eigenvalue weighted by Crippen LogP contribution is -2.22. The first-order valence-corrected chi connectivity index (χ1v) is 6.43. The van der Waals surface area contributed by atoms with E-state index in [0.717, 1.165) is 5.56 Å². The third-order valence-electron chi connectivity index (χ3n) is 2.56. The predicted octanol–water partition coefficient (Wildman–Crippen LogP) is 3.70. The molecule has 0 unspecified atom stereocenters. The molecule has 0 amide bonds. The van der Waals surface area contributed by atoms with E-state index in [1.807, 2.05) is 19.1 Å². The van der Waals surface area contributed by atoms with Crippen LogP contribution in [0.1, 0.15) is 5.56 Å². The van der Waals surface area contributed by atoms with Crippen LogP contribution in [-0.4, -0.2) is 11.6 Å². The molecule has 1 N–H and O–H groups in total. The number of ketones is 2. The van der Waals surface area contributed by atoms with E-state index >= 15 is 0 Å². The highest BCUT2D eigenvalue weighted by Gasteiger charge is 2.32. The summed E-state index contributed by atoms with van der Waals surface area (Å²) in [6.45, 7) is 1.94. The van der Waals surface area contributed by atoms with E-state index in [1.165, 1.54) is 0 Å². The van der Waals surface area contributed by atoms with Crippen LogP contribution in [0.3, 0.4) is 0 Å². The number of allylic oxidation sites excluding steroid dienone is 3. The molecular weight excluding hydrogens is 309 g/mol. The van der Waals surface area contributed by atoms with Crippen molar-refractivity contribution in [3.05, 3.63) is 50.6 Å². The molecule has 0 saturated carbocycles. The van der Waals surface area contributed by atoms with Crippen molar-refractivity contribution in [1.29, 1.82) is 0 Å². The van der Waals surface area contributed by atoms with E-state index in [-0.39, 0.29) is 20.8 Å². The number of carbonyl (C=O) groups excluding carboxylic acids is 2. The maximum atomic E-state index is 11.9. The third-order valence-corrected chi connectivity index (χ3v) is 3.74. The molecule has 1 aromatic rings. The van der Waals surface area contributed by atoms with E-state index in [1.54, 1.807) is 12.1 Å². The quantitative estimate of drug-likeness (QED) is 0.846. The van der Waals surface area contributed by atoms with Crippen molar-refractivity contribution < 1.29 is 9.59 Å². The fraction of sp³-hybridized carbons (Fsp3) is 0.0769. The molecule has 19 heavy (non-hydrogen) atoms. The second-order valence-corrected chi connectivity index (χ2v) is 5.10. The normalized spacial score (nSPS) is 16.2. The summed E-state index contributed by atoms with van der Waals surface area (Å²) in [5.41, 5.74) is 1.63. The number of aryl methyl sites for hydroxylation is 1. The molecule has 0 saturated heterocycles. The Labute approximate surface area is 124 Å². The van der Waals surface area contributed by atoms with Crippen molar-refractivity contribution >= 4 is 52.1 Å². The van der Waals surface area contributed by atoms with E-state index in [9.17, 15) is 9.59 Å². The Bertz CT molecular complexity index is 630. The van der Waals surface area contributed by atoms with Crippen LogP contribution in [-0.2, 0) is 9.59 Å². The summed E-state index contributed by atoms with van der Waals surface area (Å²) in [5.74, 6) is -1.26. The maximum Gasteiger partial charge on any atom is 0.223 e. The van der Waals surface area contributed by atoms with Gasteiger partial charge in [0.15, 0.2) is 0 Å². The molecule has 0 heterocycles. The summed E-state index contributed by atoms with van der Waals surface area (Å²) < 4.78 is 0. The number of Topliss-reactive ketones (excluding diaryl/α,β-unsaturated/α-hetero) is 2. The van der Waals surface area contributed by atoms with Crippen molar-refractivity contribution in [2.24, 2.45) is 0 Å². The number of anilines is 1. The standard InChI is InChI=1S/C13H8Cl3NO2/c1-6-2-4-7(5-3-6)17-11-10(16)12(18)8(14)9(15)13(11)19/h2-5,17H,1H3. The minimum atomic E-state index is -0.664. The molecule has 0 bridgehead atoms. The maximum absolute atomic E-state index is 11.9. The Morgan fingerprint density at radius 2 is 1.37 bits per heavy atom. The summed E-state index contributed by atoms with van der Waals surface area (Å²) in [6.07, 6.45) is 0.